The van der Waals surface area contributed by atoms with Gasteiger partial charge in [0.2, 0.25) is 5.78 Å². The molecule has 2 aromatic carbocycles. The number of ether oxygens (including phenoxy) is 1. The van der Waals surface area contributed by atoms with E-state index in [1.807, 2.05) is 0 Å². The number of Topliss-reactive ketones (excluding diaryl/α,β-unsaturated/α-hetero) is 1. The third kappa shape index (κ3) is 5.21. The van der Waals surface area contributed by atoms with Crippen LogP contribution in [0.5, 0.6) is 0 Å². The minimum atomic E-state index is -0.960. The molecule has 0 fully saturated rings. The molecule has 8 heteroatoms. The molecule has 2 aromatic rings. The lowest BCUT2D eigenvalue weighted by Crippen LogP contribution is -2.40. The minimum Gasteiger partial charge on any atom is -0.456 e. The molecule has 0 bridgehead atoms. The highest BCUT2D eigenvalue weighted by Crippen LogP contribution is 2.19. The summed E-state index contributed by atoms with van der Waals surface area (Å²) in [5.74, 6) is -1.80. The predicted molar refractivity (Wildman–Crippen MR) is 96.5 cm³/mol. The normalized spacial score (nSPS) is 11.3. The molecule has 27 heavy (non-hydrogen) atoms. The fourth-order valence-corrected chi connectivity index (χ4v) is 2.25. The van der Waals surface area contributed by atoms with Gasteiger partial charge in [0.1, 0.15) is 6.04 Å². The van der Waals surface area contributed by atoms with Crippen LogP contribution < -0.4 is 5.32 Å². The monoisotopic (exact) mass is 370 g/mol. The first-order valence-electron chi connectivity index (χ1n) is 8.10. The van der Waals surface area contributed by atoms with Gasteiger partial charge in [-0.1, -0.05) is 30.3 Å². The van der Waals surface area contributed by atoms with E-state index in [2.05, 4.69) is 5.32 Å². The van der Waals surface area contributed by atoms with Gasteiger partial charge in [0.25, 0.3) is 11.6 Å². The second-order valence-corrected chi connectivity index (χ2v) is 5.85. The molecule has 0 saturated heterocycles. The molecule has 140 valence electrons. The quantitative estimate of drug-likeness (QED) is 0.346. The van der Waals surface area contributed by atoms with Gasteiger partial charge in [-0.05, 0) is 26.0 Å². The van der Waals surface area contributed by atoms with Crippen molar-refractivity contribution in [3.63, 3.8) is 0 Å². The third-order valence-electron chi connectivity index (χ3n) is 3.81. The first kappa shape index (κ1) is 19.8. The Morgan fingerprint density at radius 3 is 2.41 bits per heavy atom. The second kappa shape index (κ2) is 8.70. The average molecular weight is 370 g/mol. The van der Waals surface area contributed by atoms with Gasteiger partial charge in [0, 0.05) is 22.8 Å². The topological polar surface area (TPSA) is 116 Å². The van der Waals surface area contributed by atoms with Crippen LogP contribution in [0.3, 0.4) is 0 Å². The summed E-state index contributed by atoms with van der Waals surface area (Å²) in [5, 5.41) is 13.4. The van der Waals surface area contributed by atoms with Crippen LogP contribution in [0, 0.1) is 17.0 Å². The van der Waals surface area contributed by atoms with Crippen LogP contribution in [0.1, 0.15) is 33.2 Å². The van der Waals surface area contributed by atoms with Crippen LogP contribution in [0.2, 0.25) is 0 Å². The van der Waals surface area contributed by atoms with E-state index in [-0.39, 0.29) is 11.3 Å². The highest BCUT2D eigenvalue weighted by Gasteiger charge is 2.20. The highest BCUT2D eigenvalue weighted by atomic mass is 16.6. The van der Waals surface area contributed by atoms with E-state index in [1.54, 1.807) is 37.3 Å². The smallest absolute Gasteiger partial charge is 0.328 e. The molecule has 1 atom stereocenters. The van der Waals surface area contributed by atoms with Gasteiger partial charge in [-0.2, -0.15) is 0 Å². The zero-order valence-electron chi connectivity index (χ0n) is 14.8. The standard InChI is InChI=1S/C19H18N2O6/c1-12-8-9-15(10-16(12)21(25)26)17(22)11-27-19(24)13(2)20-18(23)14-6-4-3-5-7-14/h3-10,13H,11H2,1-2H3,(H,20,23)/t13-/m0/s1. The number of nitrogens with one attached hydrogen (secondary N) is 1. The van der Waals surface area contributed by atoms with Crippen molar-refractivity contribution in [2.75, 3.05) is 6.61 Å². The zero-order chi connectivity index (χ0) is 20.0. The lowest BCUT2D eigenvalue weighted by atomic mass is 10.1. The van der Waals surface area contributed by atoms with Crippen LogP contribution >= 0.6 is 0 Å². The summed E-state index contributed by atoms with van der Waals surface area (Å²) in [7, 11) is 0. The maximum absolute atomic E-state index is 12.1. The van der Waals surface area contributed by atoms with Crippen LogP contribution in [-0.4, -0.2) is 35.2 Å². The van der Waals surface area contributed by atoms with Gasteiger partial charge in [-0.25, -0.2) is 4.79 Å². The third-order valence-corrected chi connectivity index (χ3v) is 3.81. The number of esters is 1. The Kier molecular flexibility index (Phi) is 6.37. The summed E-state index contributed by atoms with van der Waals surface area (Å²) in [6.45, 7) is 2.42. The van der Waals surface area contributed by atoms with Crippen molar-refractivity contribution < 1.29 is 24.0 Å². The Morgan fingerprint density at radius 1 is 1.11 bits per heavy atom. The first-order chi connectivity index (χ1) is 12.8. The van der Waals surface area contributed by atoms with E-state index < -0.39 is 35.2 Å². The number of nitro benzene ring substituents is 1. The van der Waals surface area contributed by atoms with Gasteiger partial charge >= 0.3 is 5.97 Å². The molecule has 0 saturated carbocycles. The molecular formula is C19H18N2O6. The number of rotatable bonds is 7. The van der Waals surface area contributed by atoms with Crippen molar-refractivity contribution in [3.05, 3.63) is 75.3 Å². The number of amides is 1. The Bertz CT molecular complexity index is 879. The van der Waals surface area contributed by atoms with Gasteiger partial charge in [-0.3, -0.25) is 19.7 Å². The summed E-state index contributed by atoms with van der Waals surface area (Å²) in [6, 6.07) is 11.4. The van der Waals surface area contributed by atoms with Gasteiger partial charge < -0.3 is 10.1 Å². The van der Waals surface area contributed by atoms with Crippen molar-refractivity contribution in [3.8, 4) is 0 Å². The largest absolute Gasteiger partial charge is 0.456 e. The van der Waals surface area contributed by atoms with E-state index in [1.165, 1.54) is 19.1 Å². The van der Waals surface area contributed by atoms with Gasteiger partial charge in [0.15, 0.2) is 6.61 Å². The number of hydrogen-bond acceptors (Lipinski definition) is 6. The Balaban J connectivity index is 1.92. The molecule has 0 aliphatic rings. The van der Waals surface area contributed by atoms with Crippen LogP contribution in [0.25, 0.3) is 0 Å². The summed E-state index contributed by atoms with van der Waals surface area (Å²) in [6.07, 6.45) is 0. The molecule has 0 radical (unpaired) electrons. The number of carbonyl (C=O) groups excluding carboxylic acids is 3. The minimum absolute atomic E-state index is 0.0704. The van der Waals surface area contributed by atoms with E-state index in [9.17, 15) is 24.5 Å². The SMILES string of the molecule is Cc1ccc(C(=O)COC(=O)[C@H](C)NC(=O)c2ccccc2)cc1[N+](=O)[O-]. The van der Waals surface area contributed by atoms with Crippen molar-refractivity contribution in [2.45, 2.75) is 19.9 Å². The molecule has 1 amide bonds. The number of carbonyl (C=O) groups is 3. The summed E-state index contributed by atoms with van der Waals surface area (Å²) < 4.78 is 4.91. The maximum atomic E-state index is 12.1. The number of hydrogen-bond donors (Lipinski definition) is 1. The lowest BCUT2D eigenvalue weighted by molar-refractivity contribution is -0.385. The summed E-state index contributed by atoms with van der Waals surface area (Å²) in [5.41, 5.74) is 0.697. The molecule has 0 unspecified atom stereocenters. The summed E-state index contributed by atoms with van der Waals surface area (Å²) in [4.78, 5) is 46.5. The molecule has 1 N–H and O–H groups in total. The highest BCUT2D eigenvalue weighted by molar-refractivity contribution is 5.99. The fraction of sp³-hybridized carbons (Fsp3) is 0.211. The maximum Gasteiger partial charge on any atom is 0.328 e. The second-order valence-electron chi connectivity index (χ2n) is 5.85. The van der Waals surface area contributed by atoms with E-state index >= 15 is 0 Å². The predicted octanol–water partition coefficient (Wildman–Crippen LogP) is 2.45. The molecule has 0 aliphatic carbocycles. The van der Waals surface area contributed by atoms with Crippen molar-refractivity contribution >= 4 is 23.3 Å². The Hall–Kier alpha value is -3.55. The lowest BCUT2D eigenvalue weighted by Gasteiger charge is -2.13. The van der Waals surface area contributed by atoms with Crippen LogP contribution in [0.15, 0.2) is 48.5 Å². The van der Waals surface area contributed by atoms with E-state index in [0.29, 0.717) is 11.1 Å². The van der Waals surface area contributed by atoms with Crippen molar-refractivity contribution in [1.82, 2.24) is 5.32 Å². The average Bonchev–Trinajstić information content (AvgIpc) is 2.66. The first-order valence-corrected chi connectivity index (χ1v) is 8.10. The molecule has 0 aromatic heterocycles. The van der Waals surface area contributed by atoms with Crippen molar-refractivity contribution in [2.24, 2.45) is 0 Å². The molecule has 8 nitrogen and oxygen atoms in total. The molecule has 2 rings (SSSR count). The van der Waals surface area contributed by atoms with E-state index in [4.69, 9.17) is 4.74 Å². The summed E-state index contributed by atoms with van der Waals surface area (Å²) >= 11 is 0. The van der Waals surface area contributed by atoms with Gasteiger partial charge in [0.05, 0.1) is 4.92 Å². The number of nitrogens with zero attached hydrogens (tertiary/aromatic N) is 1. The Labute approximate surface area is 155 Å². The molecule has 0 spiro atoms. The number of aryl methyl sites for hydroxylation is 1. The van der Waals surface area contributed by atoms with Crippen LogP contribution in [-0.2, 0) is 9.53 Å². The zero-order valence-corrected chi connectivity index (χ0v) is 14.8. The number of ketones is 1. The number of nitro groups is 1. The molecule has 0 aliphatic heterocycles. The Morgan fingerprint density at radius 2 is 1.78 bits per heavy atom. The fourth-order valence-electron chi connectivity index (χ4n) is 2.25. The molecule has 0 heterocycles. The number of benzene rings is 2. The van der Waals surface area contributed by atoms with Crippen LogP contribution in [0.4, 0.5) is 5.69 Å². The van der Waals surface area contributed by atoms with E-state index in [0.717, 1.165) is 6.07 Å². The molecular weight excluding hydrogens is 352 g/mol. The van der Waals surface area contributed by atoms with Crippen molar-refractivity contribution in [1.29, 1.82) is 0 Å². The van der Waals surface area contributed by atoms with Gasteiger partial charge in [-0.15, -0.1) is 0 Å².